The summed E-state index contributed by atoms with van der Waals surface area (Å²) in [5.74, 6) is -2.14. The molecule has 1 aromatic heterocycles. The van der Waals surface area contributed by atoms with Crippen LogP contribution in [0.2, 0.25) is 0 Å². The van der Waals surface area contributed by atoms with Gasteiger partial charge in [0.15, 0.2) is 0 Å². The van der Waals surface area contributed by atoms with Crippen molar-refractivity contribution in [3.05, 3.63) is 48.3 Å². The quantitative estimate of drug-likeness (QED) is 0.467. The maximum absolute atomic E-state index is 14.8. The largest absolute Gasteiger partial charge is 0.480 e. The van der Waals surface area contributed by atoms with E-state index in [1.165, 1.54) is 6.07 Å². The van der Waals surface area contributed by atoms with E-state index in [0.717, 1.165) is 30.6 Å². The van der Waals surface area contributed by atoms with Crippen molar-refractivity contribution in [2.24, 2.45) is 0 Å². The molecule has 0 saturated heterocycles. The fraction of sp³-hybridized carbons (Fsp3) is 0.407. The summed E-state index contributed by atoms with van der Waals surface area (Å²) in [6.07, 6.45) is 3.30. The molecule has 0 bridgehead atoms. The van der Waals surface area contributed by atoms with Crippen LogP contribution in [0.25, 0.3) is 22.2 Å². The first-order chi connectivity index (χ1) is 17.5. The molecule has 2 aromatic carbocycles. The highest BCUT2D eigenvalue weighted by Gasteiger charge is 2.25. The number of fused-ring (bicyclic) bond motifs is 1. The second-order valence-electron chi connectivity index (χ2n) is 10.1. The molecule has 2 amide bonds. The van der Waals surface area contributed by atoms with E-state index in [9.17, 15) is 23.9 Å². The van der Waals surface area contributed by atoms with Gasteiger partial charge in [0.05, 0.1) is 6.04 Å². The number of hydrogen-bond donors (Lipinski definition) is 2. The van der Waals surface area contributed by atoms with Gasteiger partial charge >= 0.3 is 12.1 Å². The number of ether oxygens (including phenoxy) is 1. The Morgan fingerprint density at radius 3 is 2.43 bits per heavy atom. The molecule has 9 nitrogen and oxygen atoms in total. The van der Waals surface area contributed by atoms with Gasteiger partial charge in [-0.2, -0.15) is 5.10 Å². The topological polar surface area (TPSA) is 114 Å². The zero-order valence-corrected chi connectivity index (χ0v) is 21.2. The highest BCUT2D eigenvalue weighted by Crippen LogP contribution is 2.37. The predicted molar refractivity (Wildman–Crippen MR) is 137 cm³/mol. The van der Waals surface area contributed by atoms with Crippen molar-refractivity contribution in [3.8, 4) is 11.3 Å². The van der Waals surface area contributed by atoms with Crippen LogP contribution >= 0.6 is 0 Å². The summed E-state index contributed by atoms with van der Waals surface area (Å²) in [5.41, 5.74) is 1.42. The number of aliphatic carboxylic acids is 1. The highest BCUT2D eigenvalue weighted by molar-refractivity contribution is 6.00. The van der Waals surface area contributed by atoms with Crippen LogP contribution in [-0.4, -0.2) is 51.5 Å². The molecule has 1 aliphatic carbocycles. The molecule has 10 heteroatoms. The summed E-state index contributed by atoms with van der Waals surface area (Å²) in [4.78, 5) is 37.2. The van der Waals surface area contributed by atoms with Crippen LogP contribution in [0.4, 0.5) is 14.9 Å². The molecule has 0 radical (unpaired) electrons. The van der Waals surface area contributed by atoms with Crippen molar-refractivity contribution in [2.75, 3.05) is 18.0 Å². The molecule has 4 rings (SSSR count). The van der Waals surface area contributed by atoms with E-state index in [1.807, 2.05) is 6.07 Å². The molecule has 0 unspecified atom stereocenters. The van der Waals surface area contributed by atoms with Crippen molar-refractivity contribution in [2.45, 2.75) is 58.1 Å². The van der Waals surface area contributed by atoms with Gasteiger partial charge in [0.2, 0.25) is 5.91 Å². The normalized spacial score (nSPS) is 14.1. The van der Waals surface area contributed by atoms with Crippen LogP contribution in [-0.2, 0) is 14.3 Å². The van der Waals surface area contributed by atoms with Crippen LogP contribution in [0.1, 0.15) is 52.5 Å². The maximum atomic E-state index is 14.8. The maximum Gasteiger partial charge on any atom is 0.408 e. The number of amides is 2. The third kappa shape index (κ3) is 6.07. The Labute approximate surface area is 214 Å². The summed E-state index contributed by atoms with van der Waals surface area (Å²) in [5, 5.41) is 17.2. The number of benzene rings is 2. The molecule has 1 aliphatic rings. The number of carbonyl (C=O) groups is 3. The number of halogens is 1. The lowest BCUT2D eigenvalue weighted by molar-refractivity contribution is -0.136. The minimum atomic E-state index is -1.20. The number of carbonyl (C=O) groups excluding carboxylic acids is 2. The molecule has 0 atom stereocenters. The van der Waals surface area contributed by atoms with E-state index in [-0.39, 0.29) is 11.9 Å². The Morgan fingerprint density at radius 2 is 1.81 bits per heavy atom. The van der Waals surface area contributed by atoms with E-state index in [0.29, 0.717) is 27.8 Å². The number of aromatic nitrogens is 2. The molecule has 37 heavy (non-hydrogen) atoms. The summed E-state index contributed by atoms with van der Waals surface area (Å²) in [7, 11) is 0. The lowest BCUT2D eigenvalue weighted by Gasteiger charge is -2.23. The van der Waals surface area contributed by atoms with E-state index in [2.05, 4.69) is 5.32 Å². The van der Waals surface area contributed by atoms with Crippen molar-refractivity contribution in [1.29, 1.82) is 0 Å². The first-order valence-corrected chi connectivity index (χ1v) is 12.3. The average molecular weight is 511 g/mol. The molecule has 1 fully saturated rings. The Bertz CT molecular complexity index is 1310. The third-order valence-corrected chi connectivity index (χ3v) is 6.18. The van der Waals surface area contributed by atoms with Crippen molar-refractivity contribution in [1.82, 2.24) is 15.1 Å². The molecule has 2 N–H and O–H groups in total. The van der Waals surface area contributed by atoms with Crippen molar-refractivity contribution in [3.63, 3.8) is 0 Å². The molecule has 0 spiro atoms. The number of hydrogen-bond acceptors (Lipinski definition) is 5. The minimum Gasteiger partial charge on any atom is -0.480 e. The Balaban J connectivity index is 1.59. The number of nitrogens with zero attached hydrogens (tertiary/aromatic N) is 3. The van der Waals surface area contributed by atoms with Gasteiger partial charge in [-0.05, 0) is 51.8 Å². The zero-order chi connectivity index (χ0) is 26.7. The first kappa shape index (κ1) is 26.1. The second-order valence-corrected chi connectivity index (χ2v) is 10.1. The Kier molecular flexibility index (Phi) is 7.47. The molecule has 3 aromatic rings. The van der Waals surface area contributed by atoms with Gasteiger partial charge < -0.3 is 15.2 Å². The number of alkyl carbamates (subject to hydrolysis) is 1. The number of nitrogens with one attached hydrogen (secondary N) is 1. The number of rotatable bonds is 7. The monoisotopic (exact) mass is 510 g/mol. The average Bonchev–Trinajstić information content (AvgIpc) is 3.49. The first-order valence-electron chi connectivity index (χ1n) is 12.3. The fourth-order valence-electron chi connectivity index (χ4n) is 4.59. The summed E-state index contributed by atoms with van der Waals surface area (Å²) in [6.45, 7) is 4.07. The lowest BCUT2D eigenvalue weighted by atomic mass is 10.1. The van der Waals surface area contributed by atoms with Gasteiger partial charge in [0, 0.05) is 16.6 Å². The van der Waals surface area contributed by atoms with Crippen LogP contribution in [0, 0.1) is 5.82 Å². The number of carboxylic acids is 1. The minimum absolute atomic E-state index is 0.147. The van der Waals surface area contributed by atoms with Crippen LogP contribution in [0.5, 0.6) is 0 Å². The van der Waals surface area contributed by atoms with E-state index >= 15 is 0 Å². The SMILES string of the molecule is CC(C)(C)OC(=O)NCC(=O)N(CC(=O)O)c1ccc(-c2nn(C3CCCC3)c3c(F)cccc23)cc1. The van der Waals surface area contributed by atoms with Gasteiger partial charge in [-0.15, -0.1) is 0 Å². The standard InChI is InChI=1S/C27H31FN4O5/c1-27(2,3)37-26(36)29-15-22(33)31(16-23(34)35)18-13-11-17(12-14-18)24-20-9-6-10-21(28)25(20)32(30-24)19-7-4-5-8-19/h6,9-14,19H,4-5,7-8,15-16H2,1-3H3,(H,29,36)(H,34,35). The van der Waals surface area contributed by atoms with Crippen LogP contribution < -0.4 is 10.2 Å². The molecule has 1 saturated carbocycles. The summed E-state index contributed by atoms with van der Waals surface area (Å²) >= 11 is 0. The summed E-state index contributed by atoms with van der Waals surface area (Å²) < 4.78 is 21.8. The third-order valence-electron chi connectivity index (χ3n) is 6.18. The molecule has 0 aliphatic heterocycles. The van der Waals surface area contributed by atoms with Gasteiger partial charge in [-0.1, -0.05) is 37.1 Å². The van der Waals surface area contributed by atoms with Gasteiger partial charge in [0.1, 0.15) is 35.7 Å². The van der Waals surface area contributed by atoms with Gasteiger partial charge in [-0.3, -0.25) is 19.2 Å². The molecule has 1 heterocycles. The van der Waals surface area contributed by atoms with E-state index in [1.54, 1.807) is 55.8 Å². The number of anilines is 1. The van der Waals surface area contributed by atoms with E-state index < -0.39 is 36.7 Å². The van der Waals surface area contributed by atoms with Crippen LogP contribution in [0.15, 0.2) is 42.5 Å². The number of para-hydroxylation sites is 1. The van der Waals surface area contributed by atoms with Gasteiger partial charge in [-0.25, -0.2) is 9.18 Å². The predicted octanol–water partition coefficient (Wildman–Crippen LogP) is 4.90. The second kappa shape index (κ2) is 10.6. The fourth-order valence-corrected chi connectivity index (χ4v) is 4.59. The summed E-state index contributed by atoms with van der Waals surface area (Å²) in [6, 6.07) is 11.8. The van der Waals surface area contributed by atoms with Crippen molar-refractivity contribution >= 4 is 34.6 Å². The lowest BCUT2D eigenvalue weighted by Crippen LogP contribution is -2.44. The smallest absolute Gasteiger partial charge is 0.408 e. The molecular formula is C27H31FN4O5. The number of carboxylic acid groups (broad SMARTS) is 1. The van der Waals surface area contributed by atoms with E-state index in [4.69, 9.17) is 9.84 Å². The molecular weight excluding hydrogens is 479 g/mol. The Morgan fingerprint density at radius 1 is 1.14 bits per heavy atom. The van der Waals surface area contributed by atoms with Crippen molar-refractivity contribution < 1.29 is 28.6 Å². The zero-order valence-electron chi connectivity index (χ0n) is 21.2. The van der Waals surface area contributed by atoms with Gasteiger partial charge in [0.25, 0.3) is 0 Å². The Hall–Kier alpha value is -3.95. The molecule has 196 valence electrons. The van der Waals surface area contributed by atoms with Crippen LogP contribution in [0.3, 0.4) is 0 Å². The highest BCUT2D eigenvalue weighted by atomic mass is 19.1.